The lowest BCUT2D eigenvalue weighted by Crippen LogP contribution is -2.35. The molecule has 2 aromatic rings. The topological polar surface area (TPSA) is 75.4 Å². The quantitative estimate of drug-likeness (QED) is 0.773. The summed E-state index contributed by atoms with van der Waals surface area (Å²) in [5.41, 5.74) is 6.23. The van der Waals surface area contributed by atoms with Crippen molar-refractivity contribution in [3.8, 4) is 0 Å². The Morgan fingerprint density at radius 1 is 1.25 bits per heavy atom. The predicted molar refractivity (Wildman–Crippen MR) is 80.1 cm³/mol. The molecule has 0 aliphatic heterocycles. The maximum Gasteiger partial charge on any atom is 0.224 e. The average Bonchev–Trinajstić information content (AvgIpc) is 2.50. The molecule has 2 atom stereocenters. The molecule has 4 N–H and O–H groups in total. The van der Waals surface area contributed by atoms with Gasteiger partial charge in [0.05, 0.1) is 6.10 Å². The minimum Gasteiger partial charge on any atom is -0.387 e. The van der Waals surface area contributed by atoms with Crippen molar-refractivity contribution in [1.29, 1.82) is 0 Å². The lowest BCUT2D eigenvalue weighted by Gasteiger charge is -2.15. The highest BCUT2D eigenvalue weighted by molar-refractivity contribution is 5.83. The minimum absolute atomic E-state index is 0.132. The molecule has 0 bridgehead atoms. The highest BCUT2D eigenvalue weighted by Gasteiger charge is 2.13. The van der Waals surface area contributed by atoms with E-state index in [1.807, 2.05) is 42.5 Å². The molecule has 4 nitrogen and oxygen atoms in total. The first kappa shape index (κ1) is 14.5. The van der Waals surface area contributed by atoms with Crippen molar-refractivity contribution in [2.24, 2.45) is 11.7 Å². The number of aliphatic hydroxyl groups excluding tert-OH is 1. The molecule has 2 aromatic carbocycles. The van der Waals surface area contributed by atoms with Crippen molar-refractivity contribution in [1.82, 2.24) is 5.32 Å². The van der Waals surface area contributed by atoms with Gasteiger partial charge in [-0.1, -0.05) is 43.3 Å². The normalized spacial score (nSPS) is 13.9. The number of amides is 1. The fraction of sp³-hybridized carbons (Fsp3) is 0.312. The molecular formula is C16H20N2O2. The summed E-state index contributed by atoms with van der Waals surface area (Å²) in [6, 6.07) is 13.8. The van der Waals surface area contributed by atoms with Crippen LogP contribution in [0.1, 0.15) is 18.6 Å². The van der Waals surface area contributed by atoms with Crippen molar-refractivity contribution in [2.45, 2.75) is 13.0 Å². The highest BCUT2D eigenvalue weighted by Crippen LogP contribution is 2.20. The number of fused-ring (bicyclic) bond motifs is 1. The van der Waals surface area contributed by atoms with E-state index in [0.29, 0.717) is 6.54 Å². The Balaban J connectivity index is 2.04. The van der Waals surface area contributed by atoms with Crippen molar-refractivity contribution in [3.05, 3.63) is 48.0 Å². The van der Waals surface area contributed by atoms with E-state index in [4.69, 9.17) is 5.73 Å². The second-order valence-electron chi connectivity index (χ2n) is 5.00. The monoisotopic (exact) mass is 272 g/mol. The smallest absolute Gasteiger partial charge is 0.224 e. The van der Waals surface area contributed by atoms with Crippen LogP contribution in [-0.4, -0.2) is 24.1 Å². The molecule has 0 spiro atoms. The number of nitrogens with two attached hydrogens (primary N) is 1. The van der Waals surface area contributed by atoms with Crippen molar-refractivity contribution in [2.75, 3.05) is 13.1 Å². The van der Waals surface area contributed by atoms with Gasteiger partial charge in [0.25, 0.3) is 0 Å². The molecule has 0 saturated heterocycles. The van der Waals surface area contributed by atoms with Crippen LogP contribution in [-0.2, 0) is 4.79 Å². The lowest BCUT2D eigenvalue weighted by atomic mass is 10.0. The van der Waals surface area contributed by atoms with Gasteiger partial charge in [-0.15, -0.1) is 0 Å². The van der Waals surface area contributed by atoms with Crippen LogP contribution in [0.5, 0.6) is 0 Å². The van der Waals surface area contributed by atoms with E-state index in [0.717, 1.165) is 16.3 Å². The zero-order valence-corrected chi connectivity index (χ0v) is 11.5. The number of carbonyl (C=O) groups excluding carboxylic acids is 1. The Bertz CT molecular complexity index is 598. The van der Waals surface area contributed by atoms with Crippen molar-refractivity contribution >= 4 is 16.7 Å². The number of hydrogen-bond donors (Lipinski definition) is 3. The van der Waals surface area contributed by atoms with Crippen LogP contribution in [0.3, 0.4) is 0 Å². The third-order valence-corrected chi connectivity index (χ3v) is 3.43. The third-order valence-electron chi connectivity index (χ3n) is 3.43. The molecule has 0 radical (unpaired) electrons. The first-order valence-electron chi connectivity index (χ1n) is 6.76. The molecule has 1 amide bonds. The van der Waals surface area contributed by atoms with Gasteiger partial charge in [0.15, 0.2) is 0 Å². The Kier molecular flexibility index (Phi) is 4.71. The zero-order chi connectivity index (χ0) is 14.5. The highest BCUT2D eigenvalue weighted by atomic mass is 16.3. The molecule has 2 rings (SSSR count). The molecule has 0 aliphatic rings. The summed E-state index contributed by atoms with van der Waals surface area (Å²) in [6.45, 7) is 2.26. The first-order chi connectivity index (χ1) is 9.61. The summed E-state index contributed by atoms with van der Waals surface area (Å²) in [5, 5.41) is 15.1. The fourth-order valence-electron chi connectivity index (χ4n) is 2.01. The molecular weight excluding hydrogens is 252 g/mol. The summed E-state index contributed by atoms with van der Waals surface area (Å²) in [7, 11) is 0. The van der Waals surface area contributed by atoms with Crippen LogP contribution < -0.4 is 11.1 Å². The van der Waals surface area contributed by atoms with E-state index in [-0.39, 0.29) is 18.4 Å². The number of hydrogen-bond acceptors (Lipinski definition) is 3. The number of rotatable bonds is 5. The Morgan fingerprint density at radius 3 is 2.65 bits per heavy atom. The van der Waals surface area contributed by atoms with Gasteiger partial charge < -0.3 is 16.2 Å². The van der Waals surface area contributed by atoms with E-state index in [9.17, 15) is 9.90 Å². The van der Waals surface area contributed by atoms with Crippen LogP contribution in [0.15, 0.2) is 42.5 Å². The molecule has 0 aromatic heterocycles. The second kappa shape index (κ2) is 6.50. The molecule has 0 fully saturated rings. The largest absolute Gasteiger partial charge is 0.387 e. The summed E-state index contributed by atoms with van der Waals surface area (Å²) >= 11 is 0. The van der Waals surface area contributed by atoms with Gasteiger partial charge >= 0.3 is 0 Å². The number of carbonyl (C=O) groups is 1. The Labute approximate surface area is 118 Å². The molecule has 106 valence electrons. The van der Waals surface area contributed by atoms with Crippen LogP contribution in [0.2, 0.25) is 0 Å². The number of benzene rings is 2. The van der Waals surface area contributed by atoms with Gasteiger partial charge in [-0.3, -0.25) is 4.79 Å². The van der Waals surface area contributed by atoms with Gasteiger partial charge in [-0.25, -0.2) is 0 Å². The molecule has 2 unspecified atom stereocenters. The molecule has 4 heteroatoms. The van der Waals surface area contributed by atoms with Gasteiger partial charge in [-0.05, 0) is 22.4 Å². The lowest BCUT2D eigenvalue weighted by molar-refractivity contribution is -0.124. The van der Waals surface area contributed by atoms with Crippen LogP contribution in [0, 0.1) is 5.92 Å². The Morgan fingerprint density at radius 2 is 1.95 bits per heavy atom. The van der Waals surface area contributed by atoms with E-state index in [1.54, 1.807) is 6.92 Å². The van der Waals surface area contributed by atoms with Crippen LogP contribution in [0.25, 0.3) is 10.8 Å². The predicted octanol–water partition coefficient (Wildman–Crippen LogP) is 1.58. The van der Waals surface area contributed by atoms with Gasteiger partial charge in [0, 0.05) is 19.0 Å². The fourth-order valence-corrected chi connectivity index (χ4v) is 2.01. The maximum absolute atomic E-state index is 11.6. The van der Waals surface area contributed by atoms with Crippen LogP contribution >= 0.6 is 0 Å². The number of aliphatic hydroxyl groups is 1. The molecule has 20 heavy (non-hydrogen) atoms. The Hall–Kier alpha value is -1.91. The SMILES string of the molecule is CC(CN)C(=O)NCC(O)c1ccc2ccccc2c1. The van der Waals surface area contributed by atoms with E-state index in [1.165, 1.54) is 0 Å². The van der Waals surface area contributed by atoms with Crippen molar-refractivity contribution < 1.29 is 9.90 Å². The summed E-state index contributed by atoms with van der Waals surface area (Å²) in [4.78, 5) is 11.6. The summed E-state index contributed by atoms with van der Waals surface area (Å²) in [6.07, 6.45) is -0.714. The van der Waals surface area contributed by atoms with E-state index < -0.39 is 6.10 Å². The molecule has 0 heterocycles. The minimum atomic E-state index is -0.714. The van der Waals surface area contributed by atoms with Crippen molar-refractivity contribution in [3.63, 3.8) is 0 Å². The zero-order valence-electron chi connectivity index (χ0n) is 11.5. The molecule has 0 saturated carbocycles. The molecule has 0 aliphatic carbocycles. The summed E-state index contributed by atoms with van der Waals surface area (Å²) < 4.78 is 0. The first-order valence-corrected chi connectivity index (χ1v) is 6.76. The van der Waals surface area contributed by atoms with Crippen LogP contribution in [0.4, 0.5) is 0 Å². The summed E-state index contributed by atoms with van der Waals surface area (Å²) in [5.74, 6) is -0.369. The van der Waals surface area contributed by atoms with Gasteiger partial charge in [-0.2, -0.15) is 0 Å². The van der Waals surface area contributed by atoms with E-state index >= 15 is 0 Å². The van der Waals surface area contributed by atoms with Gasteiger partial charge in [0.1, 0.15) is 0 Å². The second-order valence-corrected chi connectivity index (χ2v) is 5.00. The average molecular weight is 272 g/mol. The third kappa shape index (κ3) is 3.35. The maximum atomic E-state index is 11.6. The number of nitrogens with one attached hydrogen (secondary N) is 1. The van der Waals surface area contributed by atoms with E-state index in [2.05, 4.69) is 5.32 Å². The van der Waals surface area contributed by atoms with Gasteiger partial charge in [0.2, 0.25) is 5.91 Å². The standard InChI is InChI=1S/C16H20N2O2/c1-11(9-17)16(20)18-10-15(19)14-7-6-12-4-2-3-5-13(12)8-14/h2-8,11,15,19H,9-10,17H2,1H3,(H,18,20).